The van der Waals surface area contributed by atoms with E-state index in [0.717, 1.165) is 0 Å². The van der Waals surface area contributed by atoms with Crippen molar-refractivity contribution in [3.63, 3.8) is 0 Å². The molecule has 75 heavy (non-hydrogen) atoms. The van der Waals surface area contributed by atoms with Crippen LogP contribution in [0.15, 0.2) is 0 Å². The number of hydrogen-bond donors (Lipinski definition) is 0. The Morgan fingerprint density at radius 3 is 0.667 bits per heavy atom. The summed E-state index contributed by atoms with van der Waals surface area (Å²) < 4.78 is 0. The molecule has 450 valence electrons. The fourth-order valence-electron chi connectivity index (χ4n) is 11.5. The van der Waals surface area contributed by atoms with Gasteiger partial charge in [-0.2, -0.15) is 0 Å². The molecule has 6 fully saturated rings. The Bertz CT molecular complexity index is 1250. The topological polar surface area (TPSA) is 19.4 Å². The van der Waals surface area contributed by atoms with Gasteiger partial charge >= 0.3 is 0 Å². The monoisotopic (exact) mass is 1060 g/mol. The molecule has 0 aromatic rings. The minimum atomic E-state index is 0.490. The molecule has 0 unspecified atom stereocenters. The Labute approximate surface area is 475 Å². The molecule has 6 saturated heterocycles. The van der Waals surface area contributed by atoms with Gasteiger partial charge in [-0.15, -0.1) is 0 Å². The highest BCUT2D eigenvalue weighted by molar-refractivity contribution is 4.75. The van der Waals surface area contributed by atoms with E-state index in [2.05, 4.69) is 154 Å². The maximum Gasteiger partial charge on any atom is 0.00300 e. The molecule has 0 aromatic heterocycles. The zero-order valence-corrected chi connectivity index (χ0v) is 55.5. The minimum absolute atomic E-state index is 0.490. The molecule has 0 atom stereocenters. The maximum atomic E-state index is 2.63. The van der Waals surface area contributed by atoms with Crippen LogP contribution in [-0.2, 0) is 0 Å². The standard InChI is InChI=1S/C14H29N.C13H27N.C12H25N.C11H23N.C10H21N.C9H19N/c1-14(2,3)10-6-4-5-7-11-15-12-8-9-13-15;1-13(2,3)9-5-4-6-10-14-11-7-8-12-14;1-12(2,3)8-4-5-9-13-10-6-7-11-13;1-11(2,3)7-6-10-12-8-4-5-9-12;1-10(2,3)6-9-11-7-4-5-8-11;1-9(2,3)8-10-6-4-5-7-10/h4-13H2,1-3H3;4-12H2,1-3H3;4-11H2,1-3H3;4-10H2,1-3H3;4-9H2,1-3H3;4-8H2,1-3H3. The van der Waals surface area contributed by atoms with Crippen LogP contribution in [-0.4, -0.2) is 147 Å². The van der Waals surface area contributed by atoms with Gasteiger partial charge in [0.15, 0.2) is 0 Å². The van der Waals surface area contributed by atoms with Crippen molar-refractivity contribution in [3.8, 4) is 0 Å². The van der Waals surface area contributed by atoms with Crippen molar-refractivity contribution in [2.75, 3.05) is 118 Å². The molecular formula is C69H144N6. The third-order valence-corrected chi connectivity index (χ3v) is 16.2. The lowest BCUT2D eigenvalue weighted by Gasteiger charge is -2.25. The first-order valence-electron chi connectivity index (χ1n) is 33.3. The summed E-state index contributed by atoms with van der Waals surface area (Å²) in [7, 11) is 0. The zero-order valence-electron chi connectivity index (χ0n) is 55.5. The van der Waals surface area contributed by atoms with Crippen molar-refractivity contribution in [2.45, 2.75) is 298 Å². The van der Waals surface area contributed by atoms with Gasteiger partial charge in [0, 0.05) is 6.54 Å². The second-order valence-electron chi connectivity index (χ2n) is 32.4. The van der Waals surface area contributed by atoms with Gasteiger partial charge in [0.05, 0.1) is 0 Å². The van der Waals surface area contributed by atoms with Crippen molar-refractivity contribution in [3.05, 3.63) is 0 Å². The molecule has 6 rings (SSSR count). The van der Waals surface area contributed by atoms with E-state index >= 15 is 0 Å². The summed E-state index contributed by atoms with van der Waals surface area (Å²) in [6.07, 6.45) is 38.1. The second kappa shape index (κ2) is 40.0. The highest BCUT2D eigenvalue weighted by Crippen LogP contribution is 2.26. The highest BCUT2D eigenvalue weighted by atomic mass is 15.2. The Kier molecular flexibility index (Phi) is 38.8. The lowest BCUT2D eigenvalue weighted by Crippen LogP contribution is -2.29. The highest BCUT2D eigenvalue weighted by Gasteiger charge is 2.20. The first-order valence-corrected chi connectivity index (χ1v) is 33.3. The molecular weight excluding hydrogens is 913 g/mol. The molecule has 0 spiro atoms. The molecule has 0 bridgehead atoms. The number of likely N-dealkylation sites (tertiary alicyclic amines) is 6. The lowest BCUT2D eigenvalue weighted by atomic mass is 9.89. The fourth-order valence-corrected chi connectivity index (χ4v) is 11.5. The summed E-state index contributed by atoms with van der Waals surface area (Å²) in [4.78, 5) is 15.6. The summed E-state index contributed by atoms with van der Waals surface area (Å²) in [6.45, 7) is 66.1. The molecule has 0 amide bonds. The zero-order chi connectivity index (χ0) is 56.3. The van der Waals surface area contributed by atoms with Gasteiger partial charge in [0.2, 0.25) is 0 Å². The molecule has 6 aliphatic rings. The number of hydrogen-bond acceptors (Lipinski definition) is 6. The first kappa shape index (κ1) is 72.8. The quantitative estimate of drug-likeness (QED) is 0.106. The van der Waals surface area contributed by atoms with E-state index in [4.69, 9.17) is 0 Å². The molecule has 6 nitrogen and oxygen atoms in total. The van der Waals surface area contributed by atoms with Gasteiger partial charge in [0.25, 0.3) is 0 Å². The fraction of sp³-hybridized carbons (Fsp3) is 1.00. The predicted octanol–water partition coefficient (Wildman–Crippen LogP) is 18.6. The van der Waals surface area contributed by atoms with Crippen LogP contribution in [0, 0.1) is 32.5 Å². The van der Waals surface area contributed by atoms with Crippen molar-refractivity contribution >= 4 is 0 Å². The van der Waals surface area contributed by atoms with Crippen molar-refractivity contribution < 1.29 is 0 Å². The van der Waals surface area contributed by atoms with Crippen LogP contribution in [0.4, 0.5) is 0 Å². The van der Waals surface area contributed by atoms with Gasteiger partial charge in [0.1, 0.15) is 0 Å². The molecule has 0 aliphatic carbocycles. The average Bonchev–Trinajstić information content (AvgIpc) is 4.14. The minimum Gasteiger partial charge on any atom is -0.303 e. The summed E-state index contributed by atoms with van der Waals surface area (Å²) in [6, 6.07) is 0. The Hall–Kier alpha value is -0.240. The van der Waals surface area contributed by atoms with Crippen LogP contribution in [0.2, 0.25) is 0 Å². The van der Waals surface area contributed by atoms with E-state index in [9.17, 15) is 0 Å². The summed E-state index contributed by atoms with van der Waals surface area (Å²) in [5.74, 6) is 0. The van der Waals surface area contributed by atoms with E-state index in [-0.39, 0.29) is 0 Å². The molecule has 6 heterocycles. The number of nitrogens with zero attached hydrogens (tertiary/aromatic N) is 6. The van der Waals surface area contributed by atoms with E-state index in [1.807, 2.05) is 0 Å². The molecule has 0 radical (unpaired) electrons. The van der Waals surface area contributed by atoms with E-state index in [0.29, 0.717) is 32.5 Å². The van der Waals surface area contributed by atoms with Gasteiger partial charge in [-0.25, -0.2) is 0 Å². The summed E-state index contributed by atoms with van der Waals surface area (Å²) >= 11 is 0. The van der Waals surface area contributed by atoms with E-state index in [1.165, 1.54) is 291 Å². The molecule has 6 aliphatic heterocycles. The van der Waals surface area contributed by atoms with Gasteiger partial charge < -0.3 is 29.4 Å². The SMILES string of the molecule is CC(C)(C)CCCCCCN1CCCC1.CC(C)(C)CCCCCN1CCCC1.CC(C)(C)CCCCN1CCCC1.CC(C)(C)CCCN1CCCC1.CC(C)(C)CCN1CCCC1.CC(C)(C)CN1CCCC1. The molecule has 0 saturated carbocycles. The smallest absolute Gasteiger partial charge is 0.00300 e. The third kappa shape index (κ3) is 50.5. The average molecular weight is 1060 g/mol. The van der Waals surface area contributed by atoms with Crippen LogP contribution in [0.5, 0.6) is 0 Å². The normalized spacial score (nSPS) is 19.9. The van der Waals surface area contributed by atoms with Crippen LogP contribution in [0.3, 0.4) is 0 Å². The molecule has 6 heteroatoms. The van der Waals surface area contributed by atoms with Gasteiger partial charge in [-0.05, 0) is 279 Å². The van der Waals surface area contributed by atoms with E-state index in [1.54, 1.807) is 0 Å². The first-order chi connectivity index (χ1) is 35.0. The molecule has 0 N–H and O–H groups in total. The van der Waals surface area contributed by atoms with Crippen molar-refractivity contribution in [2.24, 2.45) is 32.5 Å². The molecule has 0 aromatic carbocycles. The van der Waals surface area contributed by atoms with Crippen molar-refractivity contribution in [1.29, 1.82) is 0 Å². The van der Waals surface area contributed by atoms with E-state index < -0.39 is 0 Å². The largest absolute Gasteiger partial charge is 0.303 e. The predicted molar refractivity (Wildman–Crippen MR) is 340 cm³/mol. The Morgan fingerprint density at radius 1 is 0.187 bits per heavy atom. The summed E-state index contributed by atoms with van der Waals surface area (Å²) in [5, 5.41) is 0. The summed E-state index contributed by atoms with van der Waals surface area (Å²) in [5.41, 5.74) is 3.14. The number of rotatable bonds is 21. The third-order valence-electron chi connectivity index (χ3n) is 16.2. The second-order valence-corrected chi connectivity index (χ2v) is 32.4. The number of unbranched alkanes of at least 4 members (excludes halogenated alkanes) is 6. The van der Waals surface area contributed by atoms with Crippen LogP contribution in [0.25, 0.3) is 0 Å². The maximum absolute atomic E-state index is 2.63. The Morgan fingerprint density at radius 2 is 0.387 bits per heavy atom. The lowest BCUT2D eigenvalue weighted by molar-refractivity contribution is 0.227. The van der Waals surface area contributed by atoms with Crippen LogP contribution < -0.4 is 0 Å². The Balaban J connectivity index is 0.000000452. The van der Waals surface area contributed by atoms with Crippen molar-refractivity contribution in [1.82, 2.24) is 29.4 Å². The van der Waals surface area contributed by atoms with Crippen LogP contribution in [0.1, 0.15) is 298 Å². The van der Waals surface area contributed by atoms with Gasteiger partial charge in [-0.3, -0.25) is 0 Å². The van der Waals surface area contributed by atoms with Crippen LogP contribution >= 0.6 is 0 Å². The van der Waals surface area contributed by atoms with Gasteiger partial charge in [-0.1, -0.05) is 163 Å².